The molecule has 0 heterocycles. The standard InChI is InChI=1S/C27H33ClO8.C26H33ClO7.C23H29ClO6/c1-18(29)32-16-26(36-20(3)31)17-34-24-12-8-22(9-13-24)27(4,5)21-6-10-23(11-7-21)33-15-25(14-28)35-19(2)30;1-18(28)33-24(14-27)16-31-22-10-6-20(7-11-22)26(3,4)21-8-12-23(13-9-21)32-17-25(15-30-5)34-19(2)29;1-16(26)30-22(12-24)15-29-21-10-6-18(7-11-21)23(2,3)17-4-8-20(9-5-17)28-14-19(27)13-25/h6-13,25-26H,14-17H2,1-5H3;6-13,24-25H,14-17H2,1-5H3;4-11,19,22,25,27H,12-15H2,1-3H3/t25-,26-;24-,25+;19-,22-/m111/s1. The van der Waals surface area contributed by atoms with Crippen molar-refractivity contribution in [3.05, 3.63) is 179 Å². The number of hydrogen-bond donors (Lipinski definition) is 2. The predicted octanol–water partition coefficient (Wildman–Crippen LogP) is 12.2. The minimum atomic E-state index is -0.893. The summed E-state index contributed by atoms with van der Waals surface area (Å²) in [6, 6.07) is 46.4. The molecule has 0 bridgehead atoms. The molecule has 24 heteroatoms. The van der Waals surface area contributed by atoms with E-state index in [9.17, 15) is 33.9 Å². The van der Waals surface area contributed by atoms with Crippen LogP contribution in [0.3, 0.4) is 0 Å². The van der Waals surface area contributed by atoms with Gasteiger partial charge in [-0.2, -0.15) is 0 Å². The van der Waals surface area contributed by atoms with Gasteiger partial charge >= 0.3 is 35.8 Å². The molecule has 0 radical (unpaired) electrons. The third kappa shape index (κ3) is 29.9. The van der Waals surface area contributed by atoms with Gasteiger partial charge in [0.1, 0.15) is 105 Å². The Morgan fingerprint density at radius 3 is 0.710 bits per heavy atom. The Labute approximate surface area is 601 Å². The number of aliphatic hydroxyl groups is 2. The number of carbonyl (C=O) groups excluding carboxylic acids is 6. The Bertz CT molecular complexity index is 3420. The molecule has 6 aromatic carbocycles. The lowest BCUT2D eigenvalue weighted by Gasteiger charge is -2.27. The number of rotatable bonds is 37. The monoisotopic (exact) mass is 1450 g/mol. The van der Waals surface area contributed by atoms with Crippen LogP contribution in [0, 0.1) is 0 Å². The third-order valence-electron chi connectivity index (χ3n) is 15.3. The van der Waals surface area contributed by atoms with Crippen molar-refractivity contribution in [1.29, 1.82) is 0 Å². The van der Waals surface area contributed by atoms with E-state index in [0.29, 0.717) is 34.5 Å². The van der Waals surface area contributed by atoms with Crippen LogP contribution in [0.5, 0.6) is 34.5 Å². The molecule has 0 aliphatic rings. The highest BCUT2D eigenvalue weighted by molar-refractivity contribution is 6.18. The molecule has 21 nitrogen and oxygen atoms in total. The van der Waals surface area contributed by atoms with E-state index in [1.165, 1.54) is 41.5 Å². The van der Waals surface area contributed by atoms with Crippen LogP contribution < -0.4 is 28.4 Å². The van der Waals surface area contributed by atoms with Crippen LogP contribution >= 0.6 is 34.8 Å². The second-order valence-electron chi connectivity index (χ2n) is 24.6. The van der Waals surface area contributed by atoms with Crippen LogP contribution in [0.2, 0.25) is 0 Å². The van der Waals surface area contributed by atoms with Gasteiger partial charge in [-0.3, -0.25) is 28.8 Å². The fourth-order valence-electron chi connectivity index (χ4n) is 9.63. The summed E-state index contributed by atoms with van der Waals surface area (Å²) in [5.41, 5.74) is 5.75. The van der Waals surface area contributed by atoms with E-state index in [1.807, 2.05) is 146 Å². The van der Waals surface area contributed by atoms with Crippen LogP contribution in [0.4, 0.5) is 0 Å². The van der Waals surface area contributed by atoms with Crippen molar-refractivity contribution >= 4 is 70.6 Å². The lowest BCUT2D eigenvalue weighted by molar-refractivity contribution is -0.158. The number of methoxy groups -OCH3 is 1. The first-order chi connectivity index (χ1) is 47.4. The second-order valence-corrected chi connectivity index (χ2v) is 25.5. The molecule has 6 aromatic rings. The minimum absolute atomic E-state index is 0.0444. The van der Waals surface area contributed by atoms with E-state index in [4.69, 9.17) is 101 Å². The Morgan fingerprint density at radius 1 is 0.320 bits per heavy atom. The molecule has 0 spiro atoms. The van der Waals surface area contributed by atoms with E-state index in [0.717, 1.165) is 33.4 Å². The molecule has 0 aromatic heterocycles. The summed E-state index contributed by atoms with van der Waals surface area (Å²) in [4.78, 5) is 66.8. The van der Waals surface area contributed by atoms with Gasteiger partial charge in [-0.15, -0.1) is 34.8 Å². The zero-order valence-corrected chi connectivity index (χ0v) is 61.4. The zero-order chi connectivity index (χ0) is 74.0. The summed E-state index contributed by atoms with van der Waals surface area (Å²) in [5, 5.41) is 18.2. The van der Waals surface area contributed by atoms with Crippen LogP contribution in [0.1, 0.15) is 116 Å². The first-order valence-corrected chi connectivity index (χ1v) is 33.9. The highest BCUT2D eigenvalue weighted by Crippen LogP contribution is 2.37. The lowest BCUT2D eigenvalue weighted by atomic mass is 9.78. The number of carbonyl (C=O) groups is 6. The number of ether oxygens (including phenoxy) is 13. The number of aliphatic hydroxyl groups excluding tert-OH is 2. The highest BCUT2D eigenvalue weighted by atomic mass is 35.5. The average Bonchev–Trinajstić information content (AvgIpc) is 0.818. The van der Waals surface area contributed by atoms with E-state index in [2.05, 4.69) is 41.5 Å². The van der Waals surface area contributed by atoms with E-state index in [-0.39, 0.29) is 111 Å². The summed E-state index contributed by atoms with van der Waals surface area (Å²) < 4.78 is 69.7. The van der Waals surface area contributed by atoms with Gasteiger partial charge in [0, 0.05) is 64.9 Å². The van der Waals surface area contributed by atoms with Crippen molar-refractivity contribution in [3.63, 3.8) is 0 Å². The number of alkyl halides is 3. The molecule has 0 aliphatic carbocycles. The Morgan fingerprint density at radius 2 is 0.520 bits per heavy atom. The molecule has 0 aliphatic heterocycles. The molecule has 0 saturated carbocycles. The number of hydrogen-bond acceptors (Lipinski definition) is 21. The van der Waals surface area contributed by atoms with E-state index >= 15 is 0 Å². The van der Waals surface area contributed by atoms with Crippen molar-refractivity contribution in [3.8, 4) is 34.5 Å². The first-order valence-electron chi connectivity index (χ1n) is 32.3. The maximum absolute atomic E-state index is 11.3. The van der Waals surface area contributed by atoms with Gasteiger partial charge in [-0.1, -0.05) is 114 Å². The van der Waals surface area contributed by atoms with Gasteiger partial charge in [0.15, 0.2) is 12.2 Å². The summed E-state index contributed by atoms with van der Waals surface area (Å²) in [7, 11) is 1.55. The summed E-state index contributed by atoms with van der Waals surface area (Å²) in [6.07, 6.45) is -3.54. The third-order valence-corrected chi connectivity index (χ3v) is 16.3. The van der Waals surface area contributed by atoms with Gasteiger partial charge in [0.05, 0.1) is 30.9 Å². The van der Waals surface area contributed by atoms with Crippen LogP contribution in [-0.4, -0.2) is 167 Å². The van der Waals surface area contributed by atoms with Crippen molar-refractivity contribution in [2.24, 2.45) is 0 Å². The van der Waals surface area contributed by atoms with Gasteiger partial charge in [0.25, 0.3) is 0 Å². The van der Waals surface area contributed by atoms with Crippen LogP contribution in [0.15, 0.2) is 146 Å². The van der Waals surface area contributed by atoms with Crippen molar-refractivity contribution in [1.82, 2.24) is 0 Å². The van der Waals surface area contributed by atoms with Crippen molar-refractivity contribution in [2.75, 3.05) is 84.2 Å². The topological polar surface area (TPSA) is 263 Å². The smallest absolute Gasteiger partial charge is 0.303 e. The number of benzene rings is 6. The summed E-state index contributed by atoms with van der Waals surface area (Å²) >= 11 is 17.4. The molecular weight excluding hydrogens is 1360 g/mol. The Balaban J connectivity index is 0.000000320. The van der Waals surface area contributed by atoms with Gasteiger partial charge < -0.3 is 71.8 Å². The van der Waals surface area contributed by atoms with Gasteiger partial charge in [-0.25, -0.2) is 0 Å². The van der Waals surface area contributed by atoms with Crippen LogP contribution in [-0.2, 0) is 78.2 Å². The summed E-state index contributed by atoms with van der Waals surface area (Å²) in [6.45, 7) is 21.4. The predicted molar refractivity (Wildman–Crippen MR) is 380 cm³/mol. The van der Waals surface area contributed by atoms with Crippen molar-refractivity contribution < 1.29 is 101 Å². The quantitative estimate of drug-likeness (QED) is 0.0208. The molecule has 0 saturated heterocycles. The molecule has 0 unspecified atom stereocenters. The molecule has 546 valence electrons. The molecular formula is C76H95Cl3O21. The van der Waals surface area contributed by atoms with E-state index < -0.39 is 54.5 Å². The largest absolute Gasteiger partial charge is 0.491 e. The number of halogens is 3. The second kappa shape index (κ2) is 42.7. The lowest BCUT2D eigenvalue weighted by Crippen LogP contribution is -2.29. The Hall–Kier alpha value is -8.31. The van der Waals surface area contributed by atoms with Gasteiger partial charge in [-0.05, 0) is 106 Å². The Kier molecular flexibility index (Phi) is 35.9. The van der Waals surface area contributed by atoms with Gasteiger partial charge in [0.2, 0.25) is 0 Å². The molecule has 0 amide bonds. The molecule has 0 fully saturated rings. The van der Waals surface area contributed by atoms with Crippen molar-refractivity contribution in [2.45, 2.75) is 136 Å². The SMILES string of the molecule is CC(=O)OC[C@H](COc1ccc(C(C)(C)c2ccc(OC[C@@H](CCl)OC(C)=O)cc2)cc1)OC(C)=O.CC(=O)O[C@H](CCl)COc1ccc(C(C)(C)c2ccc(OC[C@H](O)CO)cc2)cc1.COC[C@@H](COc1ccc(C(C)(C)c2ccc(OC[C@@H](CCl)OC(C)=O)cc2)cc1)OC(C)=O. The minimum Gasteiger partial charge on any atom is -0.491 e. The fourth-order valence-corrected chi connectivity index (χ4v) is 10.1. The maximum Gasteiger partial charge on any atom is 0.303 e. The fraction of sp³-hybridized carbons (Fsp3) is 0.447. The molecule has 100 heavy (non-hydrogen) atoms. The van der Waals surface area contributed by atoms with E-state index in [1.54, 1.807) is 7.11 Å². The molecule has 6 rings (SSSR count). The molecule has 2 N–H and O–H groups in total. The van der Waals surface area contributed by atoms with Crippen LogP contribution in [0.25, 0.3) is 0 Å². The first kappa shape index (κ1) is 84.1. The summed E-state index contributed by atoms with van der Waals surface area (Å²) in [5.74, 6) is 1.91. The normalized spacial score (nSPS) is 13.0. The average molecular weight is 1450 g/mol. The maximum atomic E-state index is 11.3. The number of esters is 6. The zero-order valence-electron chi connectivity index (χ0n) is 59.1. The molecule has 6 atom stereocenters. The highest BCUT2D eigenvalue weighted by Gasteiger charge is 2.27.